The van der Waals surface area contributed by atoms with Crippen molar-refractivity contribution < 1.29 is 5.11 Å². The molecule has 14 heavy (non-hydrogen) atoms. The second-order valence-corrected chi connectivity index (χ2v) is 3.95. The van der Waals surface area contributed by atoms with Gasteiger partial charge in [-0.05, 0) is 25.7 Å². The van der Waals surface area contributed by atoms with Crippen LogP contribution in [-0.2, 0) is 13.0 Å². The second-order valence-electron chi connectivity index (χ2n) is 3.95. The molecule has 1 aliphatic carbocycles. The average molecular weight is 195 g/mol. The fourth-order valence-electron chi connectivity index (χ4n) is 2.20. The SMILES string of the molecule is CCn1ncnc1CC1CCCC1O. The number of rotatable bonds is 3. The van der Waals surface area contributed by atoms with Gasteiger partial charge in [-0.15, -0.1) is 0 Å². The maximum Gasteiger partial charge on any atom is 0.138 e. The number of nitrogens with zero attached hydrogens (tertiary/aromatic N) is 3. The topological polar surface area (TPSA) is 50.9 Å². The first kappa shape index (κ1) is 9.65. The van der Waals surface area contributed by atoms with Crippen molar-refractivity contribution in [3.8, 4) is 0 Å². The number of hydrogen-bond acceptors (Lipinski definition) is 3. The summed E-state index contributed by atoms with van der Waals surface area (Å²) in [5, 5.41) is 13.8. The van der Waals surface area contributed by atoms with Crippen LogP contribution in [0.3, 0.4) is 0 Å². The molecule has 2 rings (SSSR count). The van der Waals surface area contributed by atoms with E-state index in [-0.39, 0.29) is 6.10 Å². The Kier molecular flexibility index (Phi) is 2.82. The standard InChI is InChI=1S/C10H17N3O/c1-2-13-10(11-7-12-13)6-8-4-3-5-9(8)14/h7-9,14H,2-6H2,1H3. The van der Waals surface area contributed by atoms with Gasteiger partial charge in [-0.3, -0.25) is 4.68 Å². The second kappa shape index (κ2) is 4.09. The van der Waals surface area contributed by atoms with Gasteiger partial charge < -0.3 is 5.11 Å². The highest BCUT2D eigenvalue weighted by Gasteiger charge is 2.26. The zero-order chi connectivity index (χ0) is 9.97. The molecular formula is C10H17N3O. The van der Waals surface area contributed by atoms with Crippen molar-refractivity contribution in [2.24, 2.45) is 5.92 Å². The van der Waals surface area contributed by atoms with Gasteiger partial charge in [0.2, 0.25) is 0 Å². The molecule has 1 saturated carbocycles. The van der Waals surface area contributed by atoms with Crippen molar-refractivity contribution in [2.45, 2.75) is 45.3 Å². The highest BCUT2D eigenvalue weighted by molar-refractivity contribution is 4.91. The third kappa shape index (κ3) is 1.80. The van der Waals surface area contributed by atoms with Crippen LogP contribution in [0.2, 0.25) is 0 Å². The molecule has 0 spiro atoms. The van der Waals surface area contributed by atoms with E-state index in [1.54, 1.807) is 6.33 Å². The monoisotopic (exact) mass is 195 g/mol. The van der Waals surface area contributed by atoms with Crippen LogP contribution in [0.4, 0.5) is 0 Å². The molecule has 1 aromatic heterocycles. The van der Waals surface area contributed by atoms with E-state index in [0.717, 1.165) is 38.1 Å². The molecule has 0 amide bonds. The van der Waals surface area contributed by atoms with Crippen LogP contribution < -0.4 is 0 Å². The smallest absolute Gasteiger partial charge is 0.138 e. The van der Waals surface area contributed by atoms with Gasteiger partial charge in [-0.25, -0.2) is 4.98 Å². The molecule has 1 aromatic rings. The number of aromatic nitrogens is 3. The van der Waals surface area contributed by atoms with Crippen LogP contribution >= 0.6 is 0 Å². The molecule has 2 unspecified atom stereocenters. The third-order valence-corrected chi connectivity index (χ3v) is 3.06. The highest BCUT2D eigenvalue weighted by atomic mass is 16.3. The Labute approximate surface area is 84.0 Å². The lowest BCUT2D eigenvalue weighted by Gasteiger charge is -2.13. The molecule has 0 aromatic carbocycles. The van der Waals surface area contributed by atoms with E-state index >= 15 is 0 Å². The van der Waals surface area contributed by atoms with E-state index in [4.69, 9.17) is 0 Å². The molecule has 1 aliphatic rings. The van der Waals surface area contributed by atoms with Crippen molar-refractivity contribution in [3.05, 3.63) is 12.2 Å². The average Bonchev–Trinajstić information content (AvgIpc) is 2.77. The first-order chi connectivity index (χ1) is 6.81. The summed E-state index contributed by atoms with van der Waals surface area (Å²) >= 11 is 0. The van der Waals surface area contributed by atoms with Crippen molar-refractivity contribution in [3.63, 3.8) is 0 Å². The summed E-state index contributed by atoms with van der Waals surface area (Å²) in [4.78, 5) is 4.23. The molecule has 1 N–H and O–H groups in total. The zero-order valence-electron chi connectivity index (χ0n) is 8.56. The van der Waals surface area contributed by atoms with Crippen molar-refractivity contribution in [2.75, 3.05) is 0 Å². The lowest BCUT2D eigenvalue weighted by atomic mass is 10.0. The maximum absolute atomic E-state index is 9.69. The Balaban J connectivity index is 2.02. The van der Waals surface area contributed by atoms with Crippen LogP contribution in [0.1, 0.15) is 32.0 Å². The van der Waals surface area contributed by atoms with E-state index in [9.17, 15) is 5.11 Å². The molecular weight excluding hydrogens is 178 g/mol. The quantitative estimate of drug-likeness (QED) is 0.782. The van der Waals surface area contributed by atoms with Gasteiger partial charge in [0.15, 0.2) is 0 Å². The summed E-state index contributed by atoms with van der Waals surface area (Å²) in [7, 11) is 0. The molecule has 2 atom stereocenters. The predicted octanol–water partition coefficient (Wildman–Crippen LogP) is 1.00. The van der Waals surface area contributed by atoms with Crippen LogP contribution in [0.15, 0.2) is 6.33 Å². The van der Waals surface area contributed by atoms with E-state index in [0.29, 0.717) is 5.92 Å². The largest absolute Gasteiger partial charge is 0.393 e. The summed E-state index contributed by atoms with van der Waals surface area (Å²) in [6, 6.07) is 0. The van der Waals surface area contributed by atoms with Crippen LogP contribution in [0, 0.1) is 5.92 Å². The molecule has 0 radical (unpaired) electrons. The fraction of sp³-hybridized carbons (Fsp3) is 0.800. The van der Waals surface area contributed by atoms with Gasteiger partial charge in [0.1, 0.15) is 12.2 Å². The third-order valence-electron chi connectivity index (χ3n) is 3.06. The van der Waals surface area contributed by atoms with E-state index < -0.39 is 0 Å². The van der Waals surface area contributed by atoms with Gasteiger partial charge in [0.05, 0.1) is 6.10 Å². The number of hydrogen-bond donors (Lipinski definition) is 1. The van der Waals surface area contributed by atoms with Crippen molar-refractivity contribution in [1.29, 1.82) is 0 Å². The first-order valence-corrected chi connectivity index (χ1v) is 5.36. The summed E-state index contributed by atoms with van der Waals surface area (Å²) < 4.78 is 1.91. The van der Waals surface area contributed by atoms with E-state index in [2.05, 4.69) is 17.0 Å². The lowest BCUT2D eigenvalue weighted by molar-refractivity contribution is 0.131. The van der Waals surface area contributed by atoms with Crippen LogP contribution in [0.5, 0.6) is 0 Å². The molecule has 4 heteroatoms. The minimum atomic E-state index is -0.128. The normalized spacial score (nSPS) is 27.0. The maximum atomic E-state index is 9.69. The summed E-state index contributed by atoms with van der Waals surface area (Å²) in [5.74, 6) is 1.41. The molecule has 0 saturated heterocycles. The van der Waals surface area contributed by atoms with Crippen molar-refractivity contribution >= 4 is 0 Å². The summed E-state index contributed by atoms with van der Waals surface area (Å²) in [6.07, 6.45) is 5.56. The molecule has 1 heterocycles. The Hall–Kier alpha value is -0.900. The van der Waals surface area contributed by atoms with Gasteiger partial charge in [-0.1, -0.05) is 6.42 Å². The van der Waals surface area contributed by atoms with Gasteiger partial charge >= 0.3 is 0 Å². The minimum absolute atomic E-state index is 0.128. The molecule has 0 bridgehead atoms. The molecule has 4 nitrogen and oxygen atoms in total. The Morgan fingerprint density at radius 2 is 2.43 bits per heavy atom. The summed E-state index contributed by atoms with van der Waals surface area (Å²) in [5.41, 5.74) is 0. The minimum Gasteiger partial charge on any atom is -0.393 e. The van der Waals surface area contributed by atoms with Crippen molar-refractivity contribution in [1.82, 2.24) is 14.8 Å². The van der Waals surface area contributed by atoms with Crippen LogP contribution in [-0.4, -0.2) is 26.0 Å². The number of aliphatic hydroxyl groups excluding tert-OH is 1. The van der Waals surface area contributed by atoms with Gasteiger partial charge in [0, 0.05) is 13.0 Å². The Morgan fingerprint density at radius 1 is 1.57 bits per heavy atom. The van der Waals surface area contributed by atoms with Gasteiger partial charge in [-0.2, -0.15) is 5.10 Å². The molecule has 0 aliphatic heterocycles. The molecule has 1 fully saturated rings. The van der Waals surface area contributed by atoms with Crippen LogP contribution in [0.25, 0.3) is 0 Å². The number of aryl methyl sites for hydroxylation is 1. The Morgan fingerprint density at radius 3 is 3.07 bits per heavy atom. The Bertz CT molecular complexity index is 297. The highest BCUT2D eigenvalue weighted by Crippen LogP contribution is 2.27. The fourth-order valence-corrected chi connectivity index (χ4v) is 2.20. The summed E-state index contributed by atoms with van der Waals surface area (Å²) in [6.45, 7) is 2.92. The number of aliphatic hydroxyl groups is 1. The van der Waals surface area contributed by atoms with E-state index in [1.165, 1.54) is 0 Å². The zero-order valence-corrected chi connectivity index (χ0v) is 8.56. The molecule has 78 valence electrons. The van der Waals surface area contributed by atoms with Gasteiger partial charge in [0.25, 0.3) is 0 Å². The van der Waals surface area contributed by atoms with E-state index in [1.807, 2.05) is 4.68 Å². The lowest BCUT2D eigenvalue weighted by Crippen LogP contribution is -2.18. The predicted molar refractivity (Wildman–Crippen MR) is 52.7 cm³/mol. The first-order valence-electron chi connectivity index (χ1n) is 5.36.